The quantitative estimate of drug-likeness (QED) is 0.830. The van der Waals surface area contributed by atoms with Gasteiger partial charge < -0.3 is 9.80 Å². The van der Waals surface area contributed by atoms with Gasteiger partial charge in [0.25, 0.3) is 15.9 Å². The minimum atomic E-state index is -3.51. The second-order valence-corrected chi connectivity index (χ2v) is 7.38. The molecule has 0 N–H and O–H groups in total. The van der Waals surface area contributed by atoms with Crippen molar-refractivity contribution < 1.29 is 13.2 Å². The molecule has 0 radical (unpaired) electrons. The lowest BCUT2D eigenvalue weighted by Crippen LogP contribution is -2.43. The summed E-state index contributed by atoms with van der Waals surface area (Å²) in [7, 11) is -3.51. The van der Waals surface area contributed by atoms with E-state index in [1.165, 1.54) is 0 Å². The summed E-state index contributed by atoms with van der Waals surface area (Å²) in [4.78, 5) is 16.3. The van der Waals surface area contributed by atoms with Crippen molar-refractivity contribution in [3.8, 4) is 0 Å². The van der Waals surface area contributed by atoms with E-state index in [-0.39, 0.29) is 17.5 Å². The third-order valence-electron chi connectivity index (χ3n) is 3.97. The van der Waals surface area contributed by atoms with Crippen molar-refractivity contribution in [3.05, 3.63) is 59.8 Å². The van der Waals surface area contributed by atoms with Gasteiger partial charge in [0.05, 0.1) is 11.3 Å². The third-order valence-corrected chi connectivity index (χ3v) is 5.12. The fraction of sp³-hybridized carbons (Fsp3) is 0.294. The number of nitrogens with zero attached hydrogens (tertiary/aromatic N) is 3. The number of hydrogen-bond donors (Lipinski definition) is 0. The Kier molecular flexibility index (Phi) is 4.53. The van der Waals surface area contributed by atoms with E-state index in [1.54, 1.807) is 28.2 Å². The average molecular weight is 345 g/mol. The number of amidine groups is 1. The Hall–Kier alpha value is -2.41. The maximum absolute atomic E-state index is 12.9. The second kappa shape index (κ2) is 6.60. The summed E-state index contributed by atoms with van der Waals surface area (Å²) in [5, 5.41) is 0. The van der Waals surface area contributed by atoms with Crippen LogP contribution >= 0.6 is 0 Å². The van der Waals surface area contributed by atoms with Gasteiger partial charge in [-0.25, -0.2) is 8.42 Å². The van der Waals surface area contributed by atoms with E-state index < -0.39 is 10.0 Å². The molecule has 0 spiro atoms. The van der Waals surface area contributed by atoms with E-state index in [1.807, 2.05) is 37.3 Å². The summed E-state index contributed by atoms with van der Waals surface area (Å²) in [5.74, 6) is -0.0316. The van der Waals surface area contributed by atoms with E-state index >= 15 is 0 Å². The summed E-state index contributed by atoms with van der Waals surface area (Å²) < 4.78 is 27.4. The Morgan fingerprint density at radius 2 is 2.04 bits per heavy atom. The van der Waals surface area contributed by atoms with Gasteiger partial charge >= 0.3 is 0 Å². The first-order chi connectivity index (χ1) is 11.5. The SMILES string of the molecule is CCN(Cc1ccccc1)C(=O)C1=CC=CN2CCS(=O)(=O)N=C12. The third kappa shape index (κ3) is 3.41. The van der Waals surface area contributed by atoms with E-state index in [0.717, 1.165) is 5.56 Å². The van der Waals surface area contributed by atoms with Gasteiger partial charge in [-0.05, 0) is 24.6 Å². The molecule has 0 atom stereocenters. The van der Waals surface area contributed by atoms with Crippen molar-refractivity contribution in [2.75, 3.05) is 18.8 Å². The molecule has 0 bridgehead atoms. The lowest BCUT2D eigenvalue weighted by molar-refractivity contribution is -0.127. The molecule has 7 heteroatoms. The number of fused-ring (bicyclic) bond motifs is 1. The zero-order valence-electron chi connectivity index (χ0n) is 13.4. The molecule has 3 rings (SSSR count). The zero-order valence-corrected chi connectivity index (χ0v) is 14.2. The largest absolute Gasteiger partial charge is 0.334 e. The second-order valence-electron chi connectivity index (χ2n) is 5.62. The highest BCUT2D eigenvalue weighted by Gasteiger charge is 2.31. The first-order valence-electron chi connectivity index (χ1n) is 7.81. The van der Waals surface area contributed by atoms with Crippen molar-refractivity contribution in [2.45, 2.75) is 13.5 Å². The van der Waals surface area contributed by atoms with Crippen LogP contribution in [0, 0.1) is 0 Å². The van der Waals surface area contributed by atoms with Gasteiger partial charge in [-0.15, -0.1) is 4.40 Å². The normalized spacial score (nSPS) is 18.5. The highest BCUT2D eigenvalue weighted by Crippen LogP contribution is 2.20. The maximum atomic E-state index is 12.9. The van der Waals surface area contributed by atoms with Gasteiger partial charge in [-0.1, -0.05) is 30.3 Å². The van der Waals surface area contributed by atoms with Crippen LogP contribution in [0.4, 0.5) is 0 Å². The number of carbonyl (C=O) groups is 1. The molecule has 2 heterocycles. The van der Waals surface area contributed by atoms with Crippen molar-refractivity contribution in [2.24, 2.45) is 4.40 Å². The van der Waals surface area contributed by atoms with Crippen LogP contribution in [-0.4, -0.2) is 48.8 Å². The van der Waals surface area contributed by atoms with Crippen LogP contribution in [0.25, 0.3) is 0 Å². The molecule has 0 saturated carbocycles. The van der Waals surface area contributed by atoms with E-state index in [4.69, 9.17) is 0 Å². The summed E-state index contributed by atoms with van der Waals surface area (Å²) >= 11 is 0. The van der Waals surface area contributed by atoms with Crippen molar-refractivity contribution >= 4 is 21.8 Å². The minimum absolute atomic E-state index is 0.0379. The molecule has 1 amide bonds. The standard InChI is InChI=1S/C17H19N3O3S/c1-2-19(13-14-7-4-3-5-8-14)17(21)15-9-6-10-20-11-12-24(22,23)18-16(15)20/h3-10H,2,11-13H2,1H3. The van der Waals surface area contributed by atoms with Crippen molar-refractivity contribution in [1.82, 2.24) is 9.80 Å². The summed E-state index contributed by atoms with van der Waals surface area (Å²) in [6.45, 7) is 3.20. The highest BCUT2D eigenvalue weighted by atomic mass is 32.2. The molecule has 0 aliphatic carbocycles. The average Bonchev–Trinajstić information content (AvgIpc) is 2.58. The molecular formula is C17H19N3O3S. The Morgan fingerprint density at radius 3 is 2.75 bits per heavy atom. The molecule has 0 aromatic heterocycles. The smallest absolute Gasteiger partial charge is 0.257 e. The topological polar surface area (TPSA) is 70.1 Å². The molecular weight excluding hydrogens is 326 g/mol. The monoisotopic (exact) mass is 345 g/mol. The van der Waals surface area contributed by atoms with E-state index in [0.29, 0.717) is 25.2 Å². The number of carbonyl (C=O) groups excluding carboxylic acids is 1. The Bertz CT molecular complexity index is 826. The number of hydrogen-bond acceptors (Lipinski definition) is 4. The summed E-state index contributed by atoms with van der Waals surface area (Å²) in [6, 6.07) is 9.70. The molecule has 126 valence electrons. The number of benzene rings is 1. The molecule has 1 aromatic rings. The van der Waals surface area contributed by atoms with Crippen LogP contribution in [0.3, 0.4) is 0 Å². The molecule has 0 unspecified atom stereocenters. The Labute approximate surface area is 141 Å². The minimum Gasteiger partial charge on any atom is -0.334 e. The predicted octanol–water partition coefficient (Wildman–Crippen LogP) is 1.53. The Morgan fingerprint density at radius 1 is 1.29 bits per heavy atom. The van der Waals surface area contributed by atoms with Crippen LogP contribution in [0.5, 0.6) is 0 Å². The van der Waals surface area contributed by atoms with Crippen LogP contribution in [0.1, 0.15) is 12.5 Å². The lowest BCUT2D eigenvalue weighted by Gasteiger charge is -2.31. The van der Waals surface area contributed by atoms with Crippen LogP contribution in [0.2, 0.25) is 0 Å². The highest BCUT2D eigenvalue weighted by molar-refractivity contribution is 7.90. The predicted molar refractivity (Wildman–Crippen MR) is 92.7 cm³/mol. The number of likely N-dealkylation sites (N-methyl/N-ethyl adjacent to an activating group) is 1. The molecule has 1 aromatic carbocycles. The van der Waals surface area contributed by atoms with Crippen molar-refractivity contribution in [3.63, 3.8) is 0 Å². The van der Waals surface area contributed by atoms with Gasteiger partial charge in [0, 0.05) is 25.8 Å². The molecule has 0 saturated heterocycles. The first kappa shape index (κ1) is 16.4. The lowest BCUT2D eigenvalue weighted by atomic mass is 10.1. The molecule has 24 heavy (non-hydrogen) atoms. The number of amides is 1. The Balaban J connectivity index is 1.88. The molecule has 2 aliphatic rings. The summed E-state index contributed by atoms with van der Waals surface area (Å²) in [6.07, 6.45) is 5.13. The van der Waals surface area contributed by atoms with Gasteiger partial charge in [-0.2, -0.15) is 0 Å². The van der Waals surface area contributed by atoms with Crippen molar-refractivity contribution in [1.29, 1.82) is 0 Å². The fourth-order valence-electron chi connectivity index (χ4n) is 2.68. The van der Waals surface area contributed by atoms with Gasteiger partial charge in [-0.3, -0.25) is 4.79 Å². The molecule has 2 aliphatic heterocycles. The summed E-state index contributed by atoms with van der Waals surface area (Å²) in [5.41, 5.74) is 1.34. The number of allylic oxidation sites excluding steroid dienone is 2. The molecule has 0 fully saturated rings. The number of sulfonamides is 1. The maximum Gasteiger partial charge on any atom is 0.257 e. The van der Waals surface area contributed by atoms with Gasteiger partial charge in [0.1, 0.15) is 0 Å². The van der Waals surface area contributed by atoms with Crippen LogP contribution < -0.4 is 0 Å². The zero-order chi connectivity index (χ0) is 17.2. The van der Waals surface area contributed by atoms with Crippen LogP contribution in [-0.2, 0) is 21.4 Å². The fourth-order valence-corrected chi connectivity index (χ4v) is 3.67. The van der Waals surface area contributed by atoms with E-state index in [9.17, 15) is 13.2 Å². The number of rotatable bonds is 4. The van der Waals surface area contributed by atoms with Crippen LogP contribution in [0.15, 0.2) is 58.7 Å². The van der Waals surface area contributed by atoms with E-state index in [2.05, 4.69) is 4.40 Å². The molecule has 6 nitrogen and oxygen atoms in total. The first-order valence-corrected chi connectivity index (χ1v) is 9.42. The van der Waals surface area contributed by atoms with Gasteiger partial charge in [0.2, 0.25) is 0 Å². The van der Waals surface area contributed by atoms with Gasteiger partial charge in [0.15, 0.2) is 5.84 Å².